The van der Waals surface area contributed by atoms with Gasteiger partial charge in [-0.05, 0) is 52.3 Å². The van der Waals surface area contributed by atoms with Gasteiger partial charge in [-0.1, -0.05) is 17.7 Å². The molecule has 6 nitrogen and oxygen atoms in total. The van der Waals surface area contributed by atoms with E-state index in [4.69, 9.17) is 11.6 Å². The molecular weight excluding hydrogens is 384 g/mol. The second kappa shape index (κ2) is 9.15. The van der Waals surface area contributed by atoms with E-state index in [0.29, 0.717) is 5.96 Å². The molecule has 0 amide bonds. The van der Waals surface area contributed by atoms with Crippen LogP contribution in [0.4, 0.5) is 5.69 Å². The molecule has 0 aliphatic carbocycles. The first-order valence-electron chi connectivity index (χ1n) is 9.40. The van der Waals surface area contributed by atoms with E-state index in [1.54, 1.807) is 20.8 Å². The van der Waals surface area contributed by atoms with Crippen molar-refractivity contribution in [3.63, 3.8) is 0 Å². The van der Waals surface area contributed by atoms with Gasteiger partial charge in [-0.2, -0.15) is 0 Å². The zero-order chi connectivity index (χ0) is 20.1. The van der Waals surface area contributed by atoms with Crippen LogP contribution in [0.1, 0.15) is 34.1 Å². The number of hydrogen-bond donors (Lipinski definition) is 2. The second-order valence-electron chi connectivity index (χ2n) is 7.75. The van der Waals surface area contributed by atoms with E-state index in [1.165, 1.54) is 0 Å². The number of rotatable bonds is 6. The minimum Gasteiger partial charge on any atom is -0.369 e. The molecule has 0 saturated carbocycles. The van der Waals surface area contributed by atoms with E-state index < -0.39 is 14.6 Å². The molecule has 0 bridgehead atoms. The van der Waals surface area contributed by atoms with Gasteiger partial charge < -0.3 is 15.5 Å². The molecule has 0 radical (unpaired) electrons. The zero-order valence-corrected chi connectivity index (χ0v) is 18.2. The molecule has 0 aromatic heterocycles. The Labute approximate surface area is 168 Å². The lowest BCUT2D eigenvalue weighted by Gasteiger charge is -2.21. The van der Waals surface area contributed by atoms with Gasteiger partial charge in [0.15, 0.2) is 15.8 Å². The Kier molecular flexibility index (Phi) is 7.40. The van der Waals surface area contributed by atoms with Gasteiger partial charge in [-0.25, -0.2) is 8.42 Å². The van der Waals surface area contributed by atoms with Gasteiger partial charge in [0.25, 0.3) is 0 Å². The molecule has 1 unspecified atom stereocenters. The molecule has 1 aliphatic rings. The Bertz CT molecular complexity index is 759. The summed E-state index contributed by atoms with van der Waals surface area (Å²) in [6.07, 6.45) is 0.983. The van der Waals surface area contributed by atoms with Crippen LogP contribution in [0.2, 0.25) is 5.02 Å². The van der Waals surface area contributed by atoms with Crippen molar-refractivity contribution in [3.05, 3.63) is 29.3 Å². The molecule has 1 aromatic carbocycles. The quantitative estimate of drug-likeness (QED) is 0.553. The summed E-state index contributed by atoms with van der Waals surface area (Å²) in [5, 5.41) is 7.36. The van der Waals surface area contributed by atoms with Crippen LogP contribution in [0.15, 0.2) is 29.3 Å². The van der Waals surface area contributed by atoms with E-state index in [9.17, 15) is 8.42 Å². The van der Waals surface area contributed by atoms with Gasteiger partial charge in [-0.3, -0.25) is 4.99 Å². The number of sulfone groups is 1. The fourth-order valence-electron chi connectivity index (χ4n) is 2.88. The van der Waals surface area contributed by atoms with E-state index >= 15 is 0 Å². The number of halogens is 1. The van der Waals surface area contributed by atoms with Crippen molar-refractivity contribution in [2.75, 3.05) is 36.8 Å². The summed E-state index contributed by atoms with van der Waals surface area (Å²) in [6, 6.07) is 8.12. The summed E-state index contributed by atoms with van der Waals surface area (Å²) in [4.78, 5) is 6.75. The molecule has 2 rings (SSSR count). The predicted molar refractivity (Wildman–Crippen MR) is 115 cm³/mol. The number of nitrogens with one attached hydrogen (secondary N) is 2. The van der Waals surface area contributed by atoms with Crippen molar-refractivity contribution in [2.24, 2.45) is 4.99 Å². The molecule has 1 aromatic rings. The van der Waals surface area contributed by atoms with Crippen LogP contribution < -0.4 is 15.5 Å². The number of hydrogen-bond acceptors (Lipinski definition) is 4. The number of benzene rings is 1. The fraction of sp³-hybridized carbons (Fsp3) is 0.632. The molecule has 8 heteroatoms. The standard InChI is InChI=1S/C19H31ClN4O2S/c1-5-21-18(22-10-12-27(25,26)19(2,3)4)23-16-9-11-24(14-16)17-8-6-7-15(20)13-17/h6-8,13,16H,5,9-12,14H2,1-4H3,(H2,21,22,23). The minimum atomic E-state index is -3.17. The Balaban J connectivity index is 1.94. The zero-order valence-electron chi connectivity index (χ0n) is 16.6. The Hall–Kier alpha value is -1.47. The molecular formula is C19H31ClN4O2S. The summed E-state index contributed by atoms with van der Waals surface area (Å²) < 4.78 is 23.7. The van der Waals surface area contributed by atoms with Gasteiger partial charge in [-0.15, -0.1) is 0 Å². The molecule has 1 fully saturated rings. The maximum absolute atomic E-state index is 12.2. The highest BCUT2D eigenvalue weighted by Crippen LogP contribution is 2.23. The van der Waals surface area contributed by atoms with Gasteiger partial charge in [0.2, 0.25) is 0 Å². The van der Waals surface area contributed by atoms with Crippen LogP contribution in [-0.4, -0.2) is 57.1 Å². The van der Waals surface area contributed by atoms with Gasteiger partial charge in [0.1, 0.15) is 0 Å². The van der Waals surface area contributed by atoms with Gasteiger partial charge >= 0.3 is 0 Å². The summed E-state index contributed by atoms with van der Waals surface area (Å²) in [5.74, 6) is 0.714. The monoisotopic (exact) mass is 414 g/mol. The van der Waals surface area contributed by atoms with Crippen molar-refractivity contribution in [1.29, 1.82) is 0 Å². The largest absolute Gasteiger partial charge is 0.369 e. The molecule has 1 heterocycles. The molecule has 0 spiro atoms. The first-order valence-corrected chi connectivity index (χ1v) is 11.4. The minimum absolute atomic E-state index is 0.0480. The number of aliphatic imine (C=N–C) groups is 1. The van der Waals surface area contributed by atoms with Gasteiger partial charge in [0.05, 0.1) is 17.0 Å². The van der Waals surface area contributed by atoms with E-state index in [0.717, 1.165) is 36.8 Å². The highest BCUT2D eigenvalue weighted by Gasteiger charge is 2.28. The van der Waals surface area contributed by atoms with Crippen LogP contribution in [0, 0.1) is 0 Å². The highest BCUT2D eigenvalue weighted by molar-refractivity contribution is 7.92. The highest BCUT2D eigenvalue weighted by atomic mass is 35.5. The second-order valence-corrected chi connectivity index (χ2v) is 11.0. The SMILES string of the molecule is CCNC(=NCCS(=O)(=O)C(C)(C)C)NC1CCN(c2cccc(Cl)c2)C1. The van der Waals surface area contributed by atoms with E-state index in [-0.39, 0.29) is 18.3 Å². The number of nitrogens with zero attached hydrogens (tertiary/aromatic N) is 2. The Morgan fingerprint density at radius 2 is 2.11 bits per heavy atom. The maximum Gasteiger partial charge on any atom is 0.191 e. The average Bonchev–Trinajstić information content (AvgIpc) is 3.02. The van der Waals surface area contributed by atoms with Crippen molar-refractivity contribution in [2.45, 2.75) is 44.9 Å². The number of anilines is 1. The summed E-state index contributed by atoms with van der Waals surface area (Å²) in [7, 11) is -3.17. The third-order valence-corrected chi connectivity index (χ3v) is 7.43. The summed E-state index contributed by atoms with van der Waals surface area (Å²) in [5.41, 5.74) is 1.12. The number of guanidine groups is 1. The van der Waals surface area contributed by atoms with Crippen molar-refractivity contribution < 1.29 is 8.42 Å². The lowest BCUT2D eigenvalue weighted by atomic mass is 10.3. The molecule has 2 N–H and O–H groups in total. The summed E-state index contributed by atoms with van der Waals surface area (Å²) >= 11 is 6.09. The lowest BCUT2D eigenvalue weighted by molar-refractivity contribution is 0.560. The predicted octanol–water partition coefficient (Wildman–Crippen LogP) is 2.69. The lowest BCUT2D eigenvalue weighted by Crippen LogP contribution is -2.45. The van der Waals surface area contributed by atoms with Crippen LogP contribution in [0.25, 0.3) is 0 Å². The first-order chi connectivity index (χ1) is 12.6. The Morgan fingerprint density at radius 3 is 2.74 bits per heavy atom. The van der Waals surface area contributed by atoms with Crippen LogP contribution in [0.5, 0.6) is 0 Å². The third-order valence-electron chi connectivity index (χ3n) is 4.61. The van der Waals surface area contributed by atoms with Crippen LogP contribution in [-0.2, 0) is 9.84 Å². The molecule has 1 saturated heterocycles. The summed E-state index contributed by atoms with van der Waals surface area (Å²) in [6.45, 7) is 9.93. The fourth-order valence-corrected chi connectivity index (χ4v) is 4.01. The first kappa shape index (κ1) is 21.8. The third kappa shape index (κ3) is 6.28. The van der Waals surface area contributed by atoms with Gasteiger partial charge in [0, 0.05) is 36.4 Å². The normalized spacial score (nSPS) is 18.6. The topological polar surface area (TPSA) is 73.8 Å². The molecule has 1 aliphatic heterocycles. The van der Waals surface area contributed by atoms with Crippen molar-refractivity contribution in [3.8, 4) is 0 Å². The molecule has 152 valence electrons. The van der Waals surface area contributed by atoms with Crippen molar-refractivity contribution >= 4 is 33.1 Å². The molecule has 27 heavy (non-hydrogen) atoms. The van der Waals surface area contributed by atoms with E-state index in [2.05, 4.69) is 26.6 Å². The molecule has 1 atom stereocenters. The Morgan fingerprint density at radius 1 is 1.37 bits per heavy atom. The smallest absolute Gasteiger partial charge is 0.191 e. The van der Waals surface area contributed by atoms with E-state index in [1.807, 2.05) is 25.1 Å². The average molecular weight is 415 g/mol. The van der Waals surface area contributed by atoms with Crippen LogP contribution in [0.3, 0.4) is 0 Å². The van der Waals surface area contributed by atoms with Crippen LogP contribution >= 0.6 is 11.6 Å². The van der Waals surface area contributed by atoms with Crippen molar-refractivity contribution in [1.82, 2.24) is 10.6 Å². The maximum atomic E-state index is 12.2.